The van der Waals surface area contributed by atoms with Gasteiger partial charge in [-0.05, 0) is 37.5 Å². The monoisotopic (exact) mass is 237 g/mol. The molecule has 1 aliphatic heterocycles. The first-order chi connectivity index (χ1) is 7.66. The summed E-state index contributed by atoms with van der Waals surface area (Å²) in [6.45, 7) is 3.99. The highest BCUT2D eigenvalue weighted by Gasteiger charge is 2.13. The predicted octanol–water partition coefficient (Wildman–Crippen LogP) is 2.69. The molecule has 1 fully saturated rings. The summed E-state index contributed by atoms with van der Waals surface area (Å²) in [5.74, 6) is 0.595. The molecule has 86 valence electrons. The fourth-order valence-corrected chi connectivity index (χ4v) is 1.98. The highest BCUT2D eigenvalue weighted by atomic mass is 35.5. The number of nitrogens with zero attached hydrogens (tertiary/aromatic N) is 2. The maximum Gasteiger partial charge on any atom is 0.196 e. The second-order valence-corrected chi connectivity index (χ2v) is 4.50. The Bertz CT molecular complexity index is 409. The molecular weight excluding hydrogens is 222 g/mol. The molecule has 0 bridgehead atoms. The standard InChI is InChI=1S/C12H16ClN3/c1-9-4-5-10(8-11(9)13)15-12(14)16-6-2-3-7-16/h4-5,8H,2-3,6-7H2,1H3,(H2,14,15). The molecule has 1 aliphatic rings. The average Bonchev–Trinajstić information content (AvgIpc) is 2.77. The first-order valence-corrected chi connectivity index (χ1v) is 5.90. The Kier molecular flexibility index (Phi) is 3.34. The Morgan fingerprint density at radius 1 is 1.38 bits per heavy atom. The Hall–Kier alpha value is -1.22. The van der Waals surface area contributed by atoms with Gasteiger partial charge in [-0.3, -0.25) is 0 Å². The van der Waals surface area contributed by atoms with E-state index in [2.05, 4.69) is 9.89 Å². The van der Waals surface area contributed by atoms with Crippen LogP contribution in [0, 0.1) is 6.92 Å². The number of aryl methyl sites for hydroxylation is 1. The van der Waals surface area contributed by atoms with E-state index in [0.717, 1.165) is 29.4 Å². The maximum atomic E-state index is 6.03. The lowest BCUT2D eigenvalue weighted by Gasteiger charge is -2.15. The summed E-state index contributed by atoms with van der Waals surface area (Å²) in [6, 6.07) is 5.74. The molecule has 0 aromatic heterocycles. The SMILES string of the molecule is Cc1ccc(N=C(N)N2CCCC2)cc1Cl. The molecule has 2 N–H and O–H groups in total. The number of nitrogens with two attached hydrogens (primary N) is 1. The van der Waals surface area contributed by atoms with Crippen molar-refractivity contribution in [2.75, 3.05) is 13.1 Å². The number of aliphatic imine (C=N–C) groups is 1. The van der Waals surface area contributed by atoms with E-state index in [0.29, 0.717) is 5.96 Å². The zero-order chi connectivity index (χ0) is 11.5. The minimum atomic E-state index is 0.595. The smallest absolute Gasteiger partial charge is 0.196 e. The van der Waals surface area contributed by atoms with Crippen LogP contribution in [0.15, 0.2) is 23.2 Å². The molecule has 2 rings (SSSR count). The first-order valence-electron chi connectivity index (χ1n) is 5.52. The van der Waals surface area contributed by atoms with Crippen molar-refractivity contribution < 1.29 is 0 Å². The van der Waals surface area contributed by atoms with E-state index in [1.807, 2.05) is 25.1 Å². The minimum Gasteiger partial charge on any atom is -0.369 e. The fourth-order valence-electron chi connectivity index (χ4n) is 1.80. The summed E-state index contributed by atoms with van der Waals surface area (Å²) in [5.41, 5.74) is 7.81. The summed E-state index contributed by atoms with van der Waals surface area (Å²) in [6.07, 6.45) is 2.40. The molecule has 0 saturated carbocycles. The molecule has 0 radical (unpaired) electrons. The van der Waals surface area contributed by atoms with Gasteiger partial charge in [-0.15, -0.1) is 0 Å². The second kappa shape index (κ2) is 4.74. The number of hydrogen-bond acceptors (Lipinski definition) is 1. The lowest BCUT2D eigenvalue weighted by molar-refractivity contribution is 0.513. The van der Waals surface area contributed by atoms with Gasteiger partial charge in [0.2, 0.25) is 0 Å². The van der Waals surface area contributed by atoms with E-state index in [1.165, 1.54) is 12.8 Å². The average molecular weight is 238 g/mol. The van der Waals surface area contributed by atoms with E-state index in [1.54, 1.807) is 0 Å². The largest absolute Gasteiger partial charge is 0.369 e. The van der Waals surface area contributed by atoms with Gasteiger partial charge in [-0.2, -0.15) is 0 Å². The van der Waals surface area contributed by atoms with Crippen LogP contribution in [0.5, 0.6) is 0 Å². The van der Waals surface area contributed by atoms with Gasteiger partial charge >= 0.3 is 0 Å². The lowest BCUT2D eigenvalue weighted by Crippen LogP contribution is -2.34. The van der Waals surface area contributed by atoms with Gasteiger partial charge in [-0.25, -0.2) is 4.99 Å². The molecule has 1 saturated heterocycles. The normalized spacial score (nSPS) is 16.9. The fraction of sp³-hybridized carbons (Fsp3) is 0.417. The third kappa shape index (κ3) is 2.47. The van der Waals surface area contributed by atoms with Gasteiger partial charge in [0, 0.05) is 18.1 Å². The summed E-state index contributed by atoms with van der Waals surface area (Å²) in [5, 5.41) is 0.732. The van der Waals surface area contributed by atoms with E-state index >= 15 is 0 Å². The van der Waals surface area contributed by atoms with Crippen molar-refractivity contribution in [1.82, 2.24) is 4.90 Å². The van der Waals surface area contributed by atoms with Crippen LogP contribution in [0.3, 0.4) is 0 Å². The zero-order valence-electron chi connectivity index (χ0n) is 9.41. The number of hydrogen-bond donors (Lipinski definition) is 1. The van der Waals surface area contributed by atoms with Crippen molar-refractivity contribution in [3.63, 3.8) is 0 Å². The third-order valence-corrected chi connectivity index (χ3v) is 3.24. The van der Waals surface area contributed by atoms with Crippen LogP contribution in [-0.4, -0.2) is 23.9 Å². The van der Waals surface area contributed by atoms with Crippen molar-refractivity contribution in [2.45, 2.75) is 19.8 Å². The van der Waals surface area contributed by atoms with Crippen molar-refractivity contribution in [2.24, 2.45) is 10.7 Å². The molecule has 1 aromatic carbocycles. The molecule has 0 spiro atoms. The minimum absolute atomic E-state index is 0.595. The van der Waals surface area contributed by atoms with Crippen LogP contribution in [0.1, 0.15) is 18.4 Å². The van der Waals surface area contributed by atoms with E-state index in [4.69, 9.17) is 17.3 Å². The molecule has 0 amide bonds. The van der Waals surface area contributed by atoms with Crippen molar-refractivity contribution in [3.8, 4) is 0 Å². The lowest BCUT2D eigenvalue weighted by atomic mass is 10.2. The van der Waals surface area contributed by atoms with Crippen LogP contribution in [-0.2, 0) is 0 Å². The molecule has 1 heterocycles. The Morgan fingerprint density at radius 2 is 2.06 bits per heavy atom. The van der Waals surface area contributed by atoms with Crippen LogP contribution in [0.25, 0.3) is 0 Å². The van der Waals surface area contributed by atoms with Gasteiger partial charge in [0.05, 0.1) is 5.69 Å². The molecule has 16 heavy (non-hydrogen) atoms. The van der Waals surface area contributed by atoms with E-state index in [9.17, 15) is 0 Å². The third-order valence-electron chi connectivity index (χ3n) is 2.83. The predicted molar refractivity (Wildman–Crippen MR) is 68.3 cm³/mol. The Balaban J connectivity index is 2.17. The highest BCUT2D eigenvalue weighted by molar-refractivity contribution is 6.31. The number of halogens is 1. The van der Waals surface area contributed by atoms with Crippen molar-refractivity contribution in [3.05, 3.63) is 28.8 Å². The topological polar surface area (TPSA) is 41.6 Å². The Morgan fingerprint density at radius 3 is 2.69 bits per heavy atom. The number of benzene rings is 1. The molecule has 3 nitrogen and oxygen atoms in total. The molecule has 1 aromatic rings. The second-order valence-electron chi connectivity index (χ2n) is 4.10. The summed E-state index contributed by atoms with van der Waals surface area (Å²) >= 11 is 6.03. The number of guanidine groups is 1. The van der Waals surface area contributed by atoms with Crippen LogP contribution >= 0.6 is 11.6 Å². The maximum absolute atomic E-state index is 6.03. The van der Waals surface area contributed by atoms with Crippen LogP contribution in [0.2, 0.25) is 5.02 Å². The van der Waals surface area contributed by atoms with Crippen molar-refractivity contribution in [1.29, 1.82) is 0 Å². The summed E-state index contributed by atoms with van der Waals surface area (Å²) < 4.78 is 0. The van der Waals surface area contributed by atoms with Crippen LogP contribution in [0.4, 0.5) is 5.69 Å². The number of rotatable bonds is 1. The van der Waals surface area contributed by atoms with Gasteiger partial charge in [0.25, 0.3) is 0 Å². The quantitative estimate of drug-likeness (QED) is 0.603. The molecule has 0 aliphatic carbocycles. The summed E-state index contributed by atoms with van der Waals surface area (Å²) in [7, 11) is 0. The van der Waals surface area contributed by atoms with Gasteiger partial charge in [-0.1, -0.05) is 17.7 Å². The molecular formula is C12H16ClN3. The van der Waals surface area contributed by atoms with Gasteiger partial charge in [0.15, 0.2) is 5.96 Å². The van der Waals surface area contributed by atoms with Crippen LogP contribution < -0.4 is 5.73 Å². The summed E-state index contributed by atoms with van der Waals surface area (Å²) in [4.78, 5) is 6.48. The highest BCUT2D eigenvalue weighted by Crippen LogP contribution is 2.22. The van der Waals surface area contributed by atoms with Gasteiger partial charge in [0.1, 0.15) is 0 Å². The van der Waals surface area contributed by atoms with E-state index < -0.39 is 0 Å². The number of likely N-dealkylation sites (tertiary alicyclic amines) is 1. The Labute approximate surface area is 101 Å². The molecule has 0 unspecified atom stereocenters. The molecule has 0 atom stereocenters. The van der Waals surface area contributed by atoms with E-state index in [-0.39, 0.29) is 0 Å². The zero-order valence-corrected chi connectivity index (χ0v) is 10.2. The van der Waals surface area contributed by atoms with Crippen molar-refractivity contribution >= 4 is 23.2 Å². The first kappa shape index (κ1) is 11.3. The molecule has 4 heteroatoms. The van der Waals surface area contributed by atoms with Gasteiger partial charge < -0.3 is 10.6 Å².